The number of methoxy groups -OCH3 is 1. The molecule has 3 rings (SSSR count). The van der Waals surface area contributed by atoms with Gasteiger partial charge in [-0.2, -0.15) is 0 Å². The van der Waals surface area contributed by atoms with Crippen molar-refractivity contribution in [2.45, 2.75) is 19.4 Å². The maximum absolute atomic E-state index is 12.7. The highest BCUT2D eigenvalue weighted by Crippen LogP contribution is 2.28. The minimum Gasteiger partial charge on any atom is -0.495 e. The monoisotopic (exact) mass is 387 g/mol. The molecule has 0 radical (unpaired) electrons. The van der Waals surface area contributed by atoms with Crippen molar-refractivity contribution in [3.63, 3.8) is 0 Å². The molecular formula is C21H26ClN3O2. The molecule has 2 aromatic rings. The highest BCUT2D eigenvalue weighted by molar-refractivity contribution is 6.30. The van der Waals surface area contributed by atoms with E-state index < -0.39 is 0 Å². The SMILES string of the molecule is CCC(NC(=O)N1CCN(c2ccccc2OC)CC1)c1cccc(Cl)c1. The fourth-order valence-electron chi connectivity index (χ4n) is 3.43. The molecule has 0 aromatic heterocycles. The Bertz CT molecular complexity index is 776. The van der Waals surface area contributed by atoms with E-state index in [4.69, 9.17) is 16.3 Å². The number of ether oxygens (including phenoxy) is 1. The van der Waals surface area contributed by atoms with Crippen molar-refractivity contribution < 1.29 is 9.53 Å². The number of hydrogen-bond donors (Lipinski definition) is 1. The summed E-state index contributed by atoms with van der Waals surface area (Å²) in [6.07, 6.45) is 0.813. The van der Waals surface area contributed by atoms with Crippen LogP contribution in [0.2, 0.25) is 5.02 Å². The number of rotatable bonds is 5. The summed E-state index contributed by atoms with van der Waals surface area (Å²) in [5.74, 6) is 0.863. The van der Waals surface area contributed by atoms with Gasteiger partial charge in [0.05, 0.1) is 18.8 Å². The van der Waals surface area contributed by atoms with Gasteiger partial charge in [-0.05, 0) is 36.2 Å². The van der Waals surface area contributed by atoms with Crippen molar-refractivity contribution in [2.24, 2.45) is 0 Å². The minimum absolute atomic E-state index is 0.0264. The van der Waals surface area contributed by atoms with E-state index in [1.165, 1.54) is 0 Å². The molecule has 1 aliphatic heterocycles. The second kappa shape index (κ2) is 9.00. The lowest BCUT2D eigenvalue weighted by atomic mass is 10.0. The topological polar surface area (TPSA) is 44.8 Å². The number of amides is 2. The van der Waals surface area contributed by atoms with Crippen molar-refractivity contribution in [1.29, 1.82) is 0 Å². The van der Waals surface area contributed by atoms with Crippen LogP contribution < -0.4 is 15.0 Å². The van der Waals surface area contributed by atoms with Gasteiger partial charge in [-0.25, -0.2) is 4.79 Å². The summed E-state index contributed by atoms with van der Waals surface area (Å²) < 4.78 is 5.45. The van der Waals surface area contributed by atoms with Gasteiger partial charge < -0.3 is 19.9 Å². The number of piperazine rings is 1. The van der Waals surface area contributed by atoms with Crippen LogP contribution in [0.1, 0.15) is 24.9 Å². The number of halogens is 1. The van der Waals surface area contributed by atoms with Gasteiger partial charge in [0.25, 0.3) is 0 Å². The Morgan fingerprint density at radius 3 is 2.56 bits per heavy atom. The molecule has 1 fully saturated rings. The van der Waals surface area contributed by atoms with Gasteiger partial charge in [0, 0.05) is 31.2 Å². The van der Waals surface area contributed by atoms with E-state index in [0.29, 0.717) is 18.1 Å². The molecule has 2 amide bonds. The Kier molecular flexibility index (Phi) is 6.45. The molecule has 0 aliphatic carbocycles. The van der Waals surface area contributed by atoms with Crippen LogP contribution in [0.5, 0.6) is 5.75 Å². The molecule has 1 aliphatic rings. The van der Waals surface area contributed by atoms with Crippen LogP contribution in [0.4, 0.5) is 10.5 Å². The molecular weight excluding hydrogens is 362 g/mol. The molecule has 0 spiro atoms. The minimum atomic E-state index is -0.0385. The maximum atomic E-state index is 12.7. The molecule has 6 heteroatoms. The normalized spacial score (nSPS) is 15.4. The largest absolute Gasteiger partial charge is 0.495 e. The van der Waals surface area contributed by atoms with Crippen LogP contribution in [0.3, 0.4) is 0 Å². The number of anilines is 1. The first-order chi connectivity index (χ1) is 13.1. The molecule has 2 aromatic carbocycles. The third-order valence-electron chi connectivity index (χ3n) is 4.95. The zero-order chi connectivity index (χ0) is 19.2. The maximum Gasteiger partial charge on any atom is 0.318 e. The van der Waals surface area contributed by atoms with Gasteiger partial charge in [0.1, 0.15) is 5.75 Å². The zero-order valence-electron chi connectivity index (χ0n) is 15.8. The van der Waals surface area contributed by atoms with E-state index in [1.807, 2.05) is 47.4 Å². The van der Waals surface area contributed by atoms with Crippen molar-refractivity contribution in [2.75, 3.05) is 38.2 Å². The quantitative estimate of drug-likeness (QED) is 0.830. The molecule has 1 unspecified atom stereocenters. The zero-order valence-corrected chi connectivity index (χ0v) is 16.6. The summed E-state index contributed by atoms with van der Waals surface area (Å²) in [5, 5.41) is 3.83. The number of benzene rings is 2. The molecule has 5 nitrogen and oxygen atoms in total. The molecule has 1 heterocycles. The molecule has 1 atom stereocenters. The number of nitrogens with zero attached hydrogens (tertiary/aromatic N) is 2. The van der Waals surface area contributed by atoms with Gasteiger partial charge >= 0.3 is 6.03 Å². The van der Waals surface area contributed by atoms with Gasteiger partial charge in [-0.1, -0.05) is 42.8 Å². The number of hydrogen-bond acceptors (Lipinski definition) is 3. The van der Waals surface area contributed by atoms with Gasteiger partial charge in [-0.15, -0.1) is 0 Å². The number of carbonyl (C=O) groups excluding carboxylic acids is 1. The average Bonchev–Trinajstić information content (AvgIpc) is 2.72. The first-order valence-corrected chi connectivity index (χ1v) is 9.69. The van der Waals surface area contributed by atoms with Crippen molar-refractivity contribution in [3.8, 4) is 5.75 Å². The fraction of sp³-hybridized carbons (Fsp3) is 0.381. The predicted molar refractivity (Wildman–Crippen MR) is 110 cm³/mol. The first kappa shape index (κ1) is 19.4. The lowest BCUT2D eigenvalue weighted by Gasteiger charge is -2.37. The van der Waals surface area contributed by atoms with Gasteiger partial charge in [0.15, 0.2) is 0 Å². The van der Waals surface area contributed by atoms with E-state index >= 15 is 0 Å². The second-order valence-electron chi connectivity index (χ2n) is 6.61. The van der Waals surface area contributed by atoms with Crippen molar-refractivity contribution in [3.05, 3.63) is 59.1 Å². The number of carbonyl (C=O) groups is 1. The third kappa shape index (κ3) is 4.66. The number of para-hydroxylation sites is 2. The lowest BCUT2D eigenvalue weighted by Crippen LogP contribution is -2.52. The van der Waals surface area contributed by atoms with Crippen LogP contribution in [0.25, 0.3) is 0 Å². The Morgan fingerprint density at radius 2 is 1.89 bits per heavy atom. The summed E-state index contributed by atoms with van der Waals surface area (Å²) in [5.41, 5.74) is 2.11. The Hall–Kier alpha value is -2.40. The smallest absolute Gasteiger partial charge is 0.318 e. The fourth-order valence-corrected chi connectivity index (χ4v) is 3.62. The predicted octanol–water partition coefficient (Wildman–Crippen LogP) is 4.33. The number of nitrogens with one attached hydrogen (secondary N) is 1. The molecule has 144 valence electrons. The first-order valence-electron chi connectivity index (χ1n) is 9.31. The molecule has 1 saturated heterocycles. The summed E-state index contributed by atoms with van der Waals surface area (Å²) in [7, 11) is 1.68. The van der Waals surface area contributed by atoms with Crippen LogP contribution in [0.15, 0.2) is 48.5 Å². The number of urea groups is 1. The summed E-state index contributed by atoms with van der Waals surface area (Å²) in [6.45, 7) is 4.97. The van der Waals surface area contributed by atoms with E-state index in [-0.39, 0.29) is 12.1 Å². The molecule has 1 N–H and O–H groups in total. The van der Waals surface area contributed by atoms with Crippen LogP contribution in [-0.2, 0) is 0 Å². The van der Waals surface area contributed by atoms with E-state index in [9.17, 15) is 4.79 Å². The van der Waals surface area contributed by atoms with E-state index in [1.54, 1.807) is 7.11 Å². The van der Waals surface area contributed by atoms with Crippen LogP contribution in [-0.4, -0.2) is 44.2 Å². The molecule has 0 saturated carbocycles. The Labute approximate surface area is 165 Å². The van der Waals surface area contributed by atoms with Crippen molar-refractivity contribution >= 4 is 23.3 Å². The van der Waals surface area contributed by atoms with Gasteiger partial charge in [0.2, 0.25) is 0 Å². The molecule has 27 heavy (non-hydrogen) atoms. The Morgan fingerprint density at radius 1 is 1.15 bits per heavy atom. The van der Waals surface area contributed by atoms with Crippen molar-refractivity contribution in [1.82, 2.24) is 10.2 Å². The third-order valence-corrected chi connectivity index (χ3v) is 5.18. The summed E-state index contributed by atoms with van der Waals surface area (Å²) in [6, 6.07) is 15.6. The van der Waals surface area contributed by atoms with E-state index in [0.717, 1.165) is 36.5 Å². The summed E-state index contributed by atoms with van der Waals surface area (Å²) >= 11 is 6.09. The average molecular weight is 388 g/mol. The van der Waals surface area contributed by atoms with Crippen LogP contribution in [0, 0.1) is 0 Å². The standard InChI is InChI=1S/C21H26ClN3O2/c1-3-18(16-7-6-8-17(22)15-16)23-21(26)25-13-11-24(12-14-25)19-9-4-5-10-20(19)27-2/h4-10,15,18H,3,11-14H2,1-2H3,(H,23,26). The Balaban J connectivity index is 1.59. The molecule has 0 bridgehead atoms. The van der Waals surface area contributed by atoms with Crippen LogP contribution >= 0.6 is 11.6 Å². The lowest BCUT2D eigenvalue weighted by molar-refractivity contribution is 0.190. The second-order valence-corrected chi connectivity index (χ2v) is 7.05. The van der Waals surface area contributed by atoms with E-state index in [2.05, 4.69) is 23.2 Å². The van der Waals surface area contributed by atoms with Gasteiger partial charge in [-0.3, -0.25) is 0 Å². The highest BCUT2D eigenvalue weighted by Gasteiger charge is 2.24. The highest BCUT2D eigenvalue weighted by atomic mass is 35.5. The summed E-state index contributed by atoms with van der Waals surface area (Å²) in [4.78, 5) is 16.9.